The first-order valence-corrected chi connectivity index (χ1v) is 3.09. The second-order valence-electron chi connectivity index (χ2n) is 1.80. The van der Waals surface area contributed by atoms with Crippen molar-refractivity contribution in [3.05, 3.63) is 36.2 Å². The van der Waals surface area contributed by atoms with Crippen LogP contribution >= 0.6 is 0 Å². The molecule has 0 aromatic heterocycles. The van der Waals surface area contributed by atoms with Crippen LogP contribution in [-0.2, 0) is 0 Å². The molecule has 0 unspecified atom stereocenters. The van der Waals surface area contributed by atoms with Crippen LogP contribution in [0.2, 0.25) is 0 Å². The highest BCUT2D eigenvalue weighted by Crippen LogP contribution is 2.02. The molecule has 0 aliphatic rings. The number of nitrogens with two attached hydrogens (primary N) is 1. The van der Waals surface area contributed by atoms with Crippen LogP contribution in [0.5, 0.6) is 0 Å². The molecular formula is C8H12FN. The van der Waals surface area contributed by atoms with E-state index in [1.54, 1.807) is 13.0 Å². The SMILES string of the molecule is C=C/C(=C\C(F)=C/C)CN. The van der Waals surface area contributed by atoms with E-state index in [0.29, 0.717) is 12.1 Å². The Labute approximate surface area is 60.7 Å². The molecule has 2 N–H and O–H groups in total. The molecule has 10 heavy (non-hydrogen) atoms. The average molecular weight is 141 g/mol. The van der Waals surface area contributed by atoms with E-state index < -0.39 is 0 Å². The van der Waals surface area contributed by atoms with E-state index >= 15 is 0 Å². The highest BCUT2D eigenvalue weighted by molar-refractivity contribution is 5.25. The maximum atomic E-state index is 12.4. The van der Waals surface area contributed by atoms with Crippen LogP contribution in [-0.4, -0.2) is 6.54 Å². The van der Waals surface area contributed by atoms with Gasteiger partial charge in [-0.25, -0.2) is 4.39 Å². The van der Waals surface area contributed by atoms with Crippen LogP contribution in [0.15, 0.2) is 36.2 Å². The van der Waals surface area contributed by atoms with Crippen LogP contribution in [0.1, 0.15) is 6.92 Å². The molecule has 1 nitrogen and oxygen atoms in total. The number of hydrogen-bond acceptors (Lipinski definition) is 1. The van der Waals surface area contributed by atoms with E-state index in [0.717, 1.165) is 0 Å². The Bertz CT molecular complexity index is 168. The van der Waals surface area contributed by atoms with Crippen molar-refractivity contribution >= 4 is 0 Å². The van der Waals surface area contributed by atoms with Gasteiger partial charge in [-0.2, -0.15) is 0 Å². The summed E-state index contributed by atoms with van der Waals surface area (Å²) >= 11 is 0. The normalized spacial score (nSPS) is 13.5. The zero-order chi connectivity index (χ0) is 7.98. The lowest BCUT2D eigenvalue weighted by atomic mass is 10.2. The number of allylic oxidation sites excluding steroid dienone is 3. The van der Waals surface area contributed by atoms with Crippen molar-refractivity contribution in [3.8, 4) is 0 Å². The van der Waals surface area contributed by atoms with Crippen LogP contribution in [0.4, 0.5) is 4.39 Å². The fourth-order valence-electron chi connectivity index (χ4n) is 0.462. The second-order valence-corrected chi connectivity index (χ2v) is 1.80. The molecule has 0 rings (SSSR count). The predicted molar refractivity (Wildman–Crippen MR) is 42.2 cm³/mol. The van der Waals surface area contributed by atoms with Gasteiger partial charge in [0.25, 0.3) is 0 Å². The van der Waals surface area contributed by atoms with Gasteiger partial charge in [-0.3, -0.25) is 0 Å². The standard InChI is InChI=1S/C8H12FN/c1-3-7(6-10)5-8(9)4-2/h3-5H,1,6,10H2,2H3/b7-5+,8-4+. The van der Waals surface area contributed by atoms with Gasteiger partial charge >= 0.3 is 0 Å². The van der Waals surface area contributed by atoms with Crippen LogP contribution < -0.4 is 5.73 Å². The molecule has 0 aliphatic heterocycles. The van der Waals surface area contributed by atoms with Crippen molar-refractivity contribution in [2.45, 2.75) is 6.92 Å². The fraction of sp³-hybridized carbons (Fsp3) is 0.250. The van der Waals surface area contributed by atoms with Crippen molar-refractivity contribution in [2.75, 3.05) is 6.54 Å². The first kappa shape index (κ1) is 9.11. The molecule has 0 amide bonds. The largest absolute Gasteiger partial charge is 0.326 e. The summed E-state index contributed by atoms with van der Waals surface area (Å²) in [6, 6.07) is 0. The van der Waals surface area contributed by atoms with E-state index in [9.17, 15) is 4.39 Å². The molecule has 56 valence electrons. The lowest BCUT2D eigenvalue weighted by molar-refractivity contribution is 0.663. The predicted octanol–water partition coefficient (Wildman–Crippen LogP) is 1.93. The third-order valence-corrected chi connectivity index (χ3v) is 1.10. The van der Waals surface area contributed by atoms with E-state index in [1.165, 1.54) is 12.2 Å². The zero-order valence-corrected chi connectivity index (χ0v) is 6.10. The van der Waals surface area contributed by atoms with E-state index in [4.69, 9.17) is 5.73 Å². The summed E-state index contributed by atoms with van der Waals surface area (Å²) < 4.78 is 12.4. The van der Waals surface area contributed by atoms with Crippen LogP contribution in [0.3, 0.4) is 0 Å². The number of halogens is 1. The summed E-state index contributed by atoms with van der Waals surface area (Å²) in [6.45, 7) is 5.43. The Morgan fingerprint density at radius 1 is 1.70 bits per heavy atom. The van der Waals surface area contributed by atoms with Crippen molar-refractivity contribution < 1.29 is 4.39 Å². The van der Waals surface area contributed by atoms with Gasteiger partial charge in [-0.15, -0.1) is 0 Å². The van der Waals surface area contributed by atoms with E-state index in [1.807, 2.05) is 0 Å². The monoisotopic (exact) mass is 141 g/mol. The molecule has 0 bridgehead atoms. The first-order chi connectivity index (χ1) is 4.74. The van der Waals surface area contributed by atoms with Gasteiger partial charge in [-0.05, 0) is 18.6 Å². The Hall–Kier alpha value is -0.890. The molecule has 0 fully saturated rings. The third kappa shape index (κ3) is 3.20. The van der Waals surface area contributed by atoms with E-state index in [-0.39, 0.29) is 5.83 Å². The molecule has 0 heterocycles. The lowest BCUT2D eigenvalue weighted by Gasteiger charge is -1.93. The number of hydrogen-bond donors (Lipinski definition) is 1. The smallest absolute Gasteiger partial charge is 0.119 e. The fourth-order valence-corrected chi connectivity index (χ4v) is 0.462. The third-order valence-electron chi connectivity index (χ3n) is 1.10. The van der Waals surface area contributed by atoms with Gasteiger partial charge in [0.05, 0.1) is 0 Å². The van der Waals surface area contributed by atoms with Crippen molar-refractivity contribution in [2.24, 2.45) is 5.73 Å². The summed E-state index contributed by atoms with van der Waals surface area (Å²) in [6.07, 6.45) is 4.29. The molecule has 0 saturated carbocycles. The Balaban J connectivity index is 4.24. The Morgan fingerprint density at radius 3 is 2.60 bits per heavy atom. The maximum Gasteiger partial charge on any atom is 0.119 e. The lowest BCUT2D eigenvalue weighted by Crippen LogP contribution is -2.00. The first-order valence-electron chi connectivity index (χ1n) is 3.09. The van der Waals surface area contributed by atoms with Crippen molar-refractivity contribution in [1.29, 1.82) is 0 Å². The molecule has 0 aromatic rings. The second kappa shape index (κ2) is 4.94. The molecule has 0 spiro atoms. The molecule has 0 radical (unpaired) electrons. The summed E-state index contributed by atoms with van der Waals surface area (Å²) in [7, 11) is 0. The highest BCUT2D eigenvalue weighted by Gasteiger charge is 1.88. The maximum absolute atomic E-state index is 12.4. The quantitative estimate of drug-likeness (QED) is 0.597. The van der Waals surface area contributed by atoms with Gasteiger partial charge in [0.2, 0.25) is 0 Å². The summed E-state index contributed by atoms with van der Waals surface area (Å²) in [4.78, 5) is 0. The molecule has 0 atom stereocenters. The summed E-state index contributed by atoms with van der Waals surface area (Å²) in [5.74, 6) is -0.277. The van der Waals surface area contributed by atoms with Crippen molar-refractivity contribution in [1.82, 2.24) is 0 Å². The average Bonchev–Trinajstić information content (AvgIpc) is 1.99. The number of rotatable bonds is 3. The van der Waals surface area contributed by atoms with Crippen molar-refractivity contribution in [3.63, 3.8) is 0 Å². The van der Waals surface area contributed by atoms with Gasteiger partial charge < -0.3 is 5.73 Å². The summed E-state index contributed by atoms with van der Waals surface area (Å²) in [5, 5.41) is 0. The Morgan fingerprint density at radius 2 is 2.30 bits per heavy atom. The van der Waals surface area contributed by atoms with Crippen LogP contribution in [0.25, 0.3) is 0 Å². The van der Waals surface area contributed by atoms with E-state index in [2.05, 4.69) is 6.58 Å². The minimum absolute atomic E-state index is 0.277. The molecule has 0 aliphatic carbocycles. The van der Waals surface area contributed by atoms with Gasteiger partial charge in [0.1, 0.15) is 5.83 Å². The highest BCUT2D eigenvalue weighted by atomic mass is 19.1. The molecule has 0 aromatic carbocycles. The molecule has 2 heteroatoms. The van der Waals surface area contributed by atoms with Gasteiger partial charge in [0.15, 0.2) is 0 Å². The zero-order valence-electron chi connectivity index (χ0n) is 6.10. The van der Waals surface area contributed by atoms with Gasteiger partial charge in [0, 0.05) is 6.54 Å². The molecular weight excluding hydrogens is 129 g/mol. The minimum Gasteiger partial charge on any atom is -0.326 e. The van der Waals surface area contributed by atoms with Gasteiger partial charge in [-0.1, -0.05) is 18.7 Å². The molecule has 0 saturated heterocycles. The van der Waals surface area contributed by atoms with Crippen LogP contribution in [0, 0.1) is 0 Å². The minimum atomic E-state index is -0.277. The topological polar surface area (TPSA) is 26.0 Å². The summed E-state index contributed by atoms with van der Waals surface area (Å²) in [5.41, 5.74) is 5.96. The Kier molecular flexibility index (Phi) is 4.50.